The zero-order valence-electron chi connectivity index (χ0n) is 12.6. The lowest BCUT2D eigenvalue weighted by molar-refractivity contribution is 0.0948. The number of benzene rings is 1. The number of thiazole rings is 1. The van der Waals surface area contributed by atoms with Crippen molar-refractivity contribution in [2.24, 2.45) is 5.73 Å². The van der Waals surface area contributed by atoms with E-state index in [0.717, 1.165) is 17.0 Å². The molecule has 0 saturated heterocycles. The first-order valence-electron chi connectivity index (χ1n) is 6.77. The second kappa shape index (κ2) is 10.5. The number of carbonyl (C=O) groups excluding carboxylic acids is 1. The third-order valence-electron chi connectivity index (χ3n) is 2.94. The predicted molar refractivity (Wildman–Crippen MR) is 96.4 cm³/mol. The molecule has 0 aliphatic heterocycles. The van der Waals surface area contributed by atoms with Gasteiger partial charge >= 0.3 is 0 Å². The average molecular weight is 380 g/mol. The van der Waals surface area contributed by atoms with Crippen molar-refractivity contribution in [3.63, 3.8) is 0 Å². The van der Waals surface area contributed by atoms with Crippen LogP contribution in [0.15, 0.2) is 29.6 Å². The Labute approximate surface area is 151 Å². The van der Waals surface area contributed by atoms with Gasteiger partial charge < -0.3 is 11.1 Å². The highest BCUT2D eigenvalue weighted by molar-refractivity contribution is 7.09. The Kier molecular flexibility index (Phi) is 9.99. The zero-order valence-corrected chi connectivity index (χ0v) is 15.1. The quantitative estimate of drug-likeness (QED) is 0.809. The van der Waals surface area contributed by atoms with Crippen molar-refractivity contribution in [3.05, 3.63) is 51.7 Å². The van der Waals surface area contributed by atoms with Crippen molar-refractivity contribution in [1.82, 2.24) is 10.3 Å². The van der Waals surface area contributed by atoms with Crippen LogP contribution in [0.3, 0.4) is 0 Å². The minimum Gasteiger partial charge on any atom is -0.351 e. The highest BCUT2D eigenvalue weighted by atomic mass is 35.5. The summed E-state index contributed by atoms with van der Waals surface area (Å²) in [6.45, 7) is 2.44. The summed E-state index contributed by atoms with van der Waals surface area (Å²) in [7, 11) is 0. The molecule has 1 unspecified atom stereocenters. The summed E-state index contributed by atoms with van der Waals surface area (Å²) in [5, 5.41) is 5.36. The number of carbonyl (C=O) groups is 1. The molecule has 8 heteroatoms. The molecule has 0 aliphatic carbocycles. The van der Waals surface area contributed by atoms with Crippen molar-refractivity contribution in [2.45, 2.75) is 25.8 Å². The maximum absolute atomic E-state index is 12.8. The van der Waals surface area contributed by atoms with Gasteiger partial charge in [-0.15, -0.1) is 36.2 Å². The van der Waals surface area contributed by atoms with Gasteiger partial charge in [0.15, 0.2) is 0 Å². The molecule has 0 fully saturated rings. The van der Waals surface area contributed by atoms with E-state index in [1.54, 1.807) is 17.5 Å². The Morgan fingerprint density at radius 2 is 2.00 bits per heavy atom. The molecule has 1 amide bonds. The van der Waals surface area contributed by atoms with Crippen LogP contribution >= 0.6 is 36.2 Å². The van der Waals surface area contributed by atoms with Crippen LogP contribution in [0.2, 0.25) is 0 Å². The first-order chi connectivity index (χ1) is 10.0. The zero-order chi connectivity index (χ0) is 15.2. The van der Waals surface area contributed by atoms with E-state index >= 15 is 0 Å². The lowest BCUT2D eigenvalue weighted by atomic mass is 10.1. The molecule has 2 rings (SSSR count). The lowest BCUT2D eigenvalue weighted by Gasteiger charge is -2.05. The van der Waals surface area contributed by atoms with Gasteiger partial charge in [0.2, 0.25) is 0 Å². The van der Waals surface area contributed by atoms with Crippen LogP contribution in [0, 0.1) is 5.82 Å². The molecule has 0 saturated carbocycles. The molecule has 4 nitrogen and oxygen atoms in total. The number of nitrogens with one attached hydrogen (secondary N) is 1. The minimum atomic E-state index is -0.257. The topological polar surface area (TPSA) is 68.0 Å². The Bertz CT molecular complexity index is 605. The molecule has 1 aromatic heterocycles. The van der Waals surface area contributed by atoms with E-state index in [2.05, 4.69) is 10.3 Å². The molecule has 23 heavy (non-hydrogen) atoms. The Morgan fingerprint density at radius 3 is 2.61 bits per heavy atom. The fourth-order valence-corrected chi connectivity index (χ4v) is 2.59. The molecule has 2 aromatic rings. The number of amides is 1. The van der Waals surface area contributed by atoms with E-state index in [4.69, 9.17) is 5.73 Å². The van der Waals surface area contributed by atoms with Gasteiger partial charge in [0.1, 0.15) is 11.5 Å². The molecule has 3 N–H and O–H groups in total. The fourth-order valence-electron chi connectivity index (χ4n) is 1.78. The van der Waals surface area contributed by atoms with E-state index in [1.165, 1.54) is 23.5 Å². The van der Waals surface area contributed by atoms with Crippen LogP contribution in [0.1, 0.15) is 34.4 Å². The third-order valence-corrected chi connectivity index (χ3v) is 3.79. The Balaban J connectivity index is 0.00000242. The van der Waals surface area contributed by atoms with Gasteiger partial charge in [0.25, 0.3) is 5.91 Å². The first kappa shape index (κ1) is 21.8. The lowest BCUT2D eigenvalue weighted by Crippen LogP contribution is -2.29. The summed E-state index contributed by atoms with van der Waals surface area (Å²) in [5.41, 5.74) is 7.01. The smallest absolute Gasteiger partial charge is 0.270 e. The van der Waals surface area contributed by atoms with E-state index in [9.17, 15) is 9.18 Å². The van der Waals surface area contributed by atoms with Gasteiger partial charge in [-0.25, -0.2) is 9.37 Å². The third kappa shape index (κ3) is 7.26. The van der Waals surface area contributed by atoms with Crippen molar-refractivity contribution in [3.8, 4) is 0 Å². The van der Waals surface area contributed by atoms with Crippen LogP contribution < -0.4 is 11.1 Å². The normalized spacial score (nSPS) is 11.1. The van der Waals surface area contributed by atoms with Gasteiger partial charge in [-0.1, -0.05) is 12.1 Å². The van der Waals surface area contributed by atoms with Crippen LogP contribution in [0.4, 0.5) is 4.39 Å². The van der Waals surface area contributed by atoms with E-state index < -0.39 is 0 Å². The molecule has 0 aliphatic rings. The van der Waals surface area contributed by atoms with Crippen molar-refractivity contribution < 1.29 is 9.18 Å². The van der Waals surface area contributed by atoms with E-state index in [1.807, 2.05) is 6.92 Å². The Morgan fingerprint density at radius 1 is 1.35 bits per heavy atom. The molecule has 0 bridgehead atoms. The second-order valence-corrected chi connectivity index (χ2v) is 5.89. The molecular formula is C15H20Cl2FN3OS. The van der Waals surface area contributed by atoms with Crippen molar-refractivity contribution in [1.29, 1.82) is 0 Å². The van der Waals surface area contributed by atoms with Crippen LogP contribution in [-0.2, 0) is 6.42 Å². The minimum absolute atomic E-state index is 0. The van der Waals surface area contributed by atoms with Crippen molar-refractivity contribution in [2.75, 3.05) is 6.54 Å². The number of nitrogens with two attached hydrogens (primary N) is 1. The standard InChI is InChI=1S/C15H18FN3OS.2ClH/c1-10(17)6-7-18-15(20)13-9-21-14(19-13)8-11-2-4-12(16)5-3-11;;/h2-5,9-10H,6-8,17H2,1H3,(H,18,20);2*1H. The van der Waals surface area contributed by atoms with Crippen molar-refractivity contribution >= 4 is 42.1 Å². The maximum atomic E-state index is 12.8. The number of aromatic nitrogens is 1. The van der Waals surface area contributed by atoms with Gasteiger partial charge in [0, 0.05) is 24.4 Å². The molecular weight excluding hydrogens is 360 g/mol. The van der Waals surface area contributed by atoms with E-state index in [0.29, 0.717) is 18.7 Å². The van der Waals surface area contributed by atoms with Gasteiger partial charge in [-0.3, -0.25) is 4.79 Å². The maximum Gasteiger partial charge on any atom is 0.270 e. The van der Waals surface area contributed by atoms with Crippen LogP contribution in [0.25, 0.3) is 0 Å². The number of nitrogens with zero attached hydrogens (tertiary/aromatic N) is 1. The number of hydrogen-bond donors (Lipinski definition) is 2. The summed E-state index contributed by atoms with van der Waals surface area (Å²) in [6, 6.07) is 6.35. The molecule has 128 valence electrons. The summed E-state index contributed by atoms with van der Waals surface area (Å²) < 4.78 is 12.8. The van der Waals surface area contributed by atoms with Crippen LogP contribution in [-0.4, -0.2) is 23.5 Å². The summed E-state index contributed by atoms with van der Waals surface area (Å²) >= 11 is 1.43. The molecule has 1 atom stereocenters. The largest absolute Gasteiger partial charge is 0.351 e. The van der Waals surface area contributed by atoms with Gasteiger partial charge in [-0.05, 0) is 31.0 Å². The highest BCUT2D eigenvalue weighted by Crippen LogP contribution is 2.15. The SMILES string of the molecule is CC(N)CCNC(=O)c1csc(Cc2ccc(F)cc2)n1.Cl.Cl. The van der Waals surface area contributed by atoms with E-state index in [-0.39, 0.29) is 42.6 Å². The van der Waals surface area contributed by atoms with Gasteiger partial charge in [0.05, 0.1) is 5.01 Å². The number of halogens is 3. The molecule has 1 aromatic carbocycles. The molecule has 0 radical (unpaired) electrons. The molecule has 0 spiro atoms. The van der Waals surface area contributed by atoms with Crippen LogP contribution in [0.5, 0.6) is 0 Å². The number of hydrogen-bond acceptors (Lipinski definition) is 4. The Hall–Kier alpha value is -1.21. The highest BCUT2D eigenvalue weighted by Gasteiger charge is 2.10. The first-order valence-corrected chi connectivity index (χ1v) is 7.65. The fraction of sp³-hybridized carbons (Fsp3) is 0.333. The second-order valence-electron chi connectivity index (χ2n) is 4.95. The average Bonchev–Trinajstić information content (AvgIpc) is 2.89. The summed E-state index contributed by atoms with van der Waals surface area (Å²) in [5.74, 6) is -0.440. The summed E-state index contributed by atoms with van der Waals surface area (Å²) in [6.07, 6.45) is 1.33. The molecule has 1 heterocycles. The monoisotopic (exact) mass is 379 g/mol. The summed E-state index contributed by atoms with van der Waals surface area (Å²) in [4.78, 5) is 16.2. The van der Waals surface area contributed by atoms with Gasteiger partial charge in [-0.2, -0.15) is 0 Å². The predicted octanol–water partition coefficient (Wildman–Crippen LogP) is 3.18. The number of rotatable bonds is 6.